The maximum atomic E-state index is 10.9. The largest absolute Gasteiger partial charge is 0.506 e. The summed E-state index contributed by atoms with van der Waals surface area (Å²) in [4.78, 5) is 30.0. The third-order valence-electron chi connectivity index (χ3n) is 3.41. The Balaban J connectivity index is 1.97. The van der Waals surface area contributed by atoms with E-state index in [0.29, 0.717) is 0 Å². The lowest BCUT2D eigenvalue weighted by Crippen LogP contribution is -1.99. The number of phenols is 2. The molecule has 0 aliphatic rings. The average Bonchev–Trinajstić information content (AvgIpc) is 2.60. The van der Waals surface area contributed by atoms with Crippen molar-refractivity contribution < 1.29 is 30.0 Å². The van der Waals surface area contributed by atoms with Gasteiger partial charge < -0.3 is 20.4 Å². The number of rotatable bonds is 7. The molecule has 0 fully saturated rings. The monoisotopic (exact) mass is 356 g/mol. The van der Waals surface area contributed by atoms with Gasteiger partial charge in [-0.05, 0) is 24.3 Å². The predicted octanol–water partition coefficient (Wildman–Crippen LogP) is 2.03. The van der Waals surface area contributed by atoms with Crippen molar-refractivity contribution in [3.05, 3.63) is 58.7 Å². The van der Waals surface area contributed by atoms with E-state index in [9.17, 15) is 19.8 Å². The smallest absolute Gasteiger partial charge is 0.339 e. The molecule has 0 unspecified atom stereocenters. The molecule has 0 radical (unpaired) electrons. The molecule has 0 amide bonds. The minimum Gasteiger partial charge on any atom is -0.506 e. The van der Waals surface area contributed by atoms with E-state index in [0.717, 1.165) is 0 Å². The molecular formula is C18H16N2O6. The average molecular weight is 356 g/mol. The van der Waals surface area contributed by atoms with Gasteiger partial charge in [-0.25, -0.2) is 9.59 Å². The number of para-hydroxylation sites is 2. The van der Waals surface area contributed by atoms with Gasteiger partial charge in [-0.2, -0.15) is 0 Å². The summed E-state index contributed by atoms with van der Waals surface area (Å²) in [7, 11) is 0. The van der Waals surface area contributed by atoms with E-state index in [4.69, 9.17) is 10.2 Å². The number of aromatic hydroxyl groups is 2. The Morgan fingerprint density at radius 3 is 1.50 bits per heavy atom. The molecule has 2 aromatic carbocycles. The minimum absolute atomic E-state index is 0.208. The third kappa shape index (κ3) is 4.44. The van der Waals surface area contributed by atoms with Crippen LogP contribution < -0.4 is 0 Å². The van der Waals surface area contributed by atoms with Crippen LogP contribution in [0.4, 0.5) is 0 Å². The normalized spacial score (nSPS) is 11.2. The van der Waals surface area contributed by atoms with Gasteiger partial charge in [0, 0.05) is 23.6 Å². The van der Waals surface area contributed by atoms with E-state index >= 15 is 0 Å². The van der Waals surface area contributed by atoms with Gasteiger partial charge in [-0.1, -0.05) is 12.1 Å². The maximum Gasteiger partial charge on any atom is 0.339 e. The lowest BCUT2D eigenvalue weighted by molar-refractivity contribution is 0.0682. The summed E-state index contributed by atoms with van der Waals surface area (Å²) >= 11 is 0. The zero-order valence-corrected chi connectivity index (χ0v) is 13.5. The van der Waals surface area contributed by atoms with Crippen molar-refractivity contribution in [1.82, 2.24) is 0 Å². The van der Waals surface area contributed by atoms with Crippen LogP contribution >= 0.6 is 0 Å². The fourth-order valence-corrected chi connectivity index (χ4v) is 2.12. The second-order valence-corrected chi connectivity index (χ2v) is 5.17. The molecule has 8 nitrogen and oxygen atoms in total. The summed E-state index contributed by atoms with van der Waals surface area (Å²) in [5.41, 5.74) is 0.142. The van der Waals surface area contributed by atoms with E-state index in [1.165, 1.54) is 48.8 Å². The molecule has 2 rings (SSSR count). The standard InChI is InChI=1S/C18H16N2O6/c21-15-11(3-1-5-13(15)17(23)24)9-19-7-8-20-10-12-4-2-6-14(16(12)22)18(25)26/h1-6,9-10,21-22H,7-8H2,(H,23,24)(H,25,26)/b19-9+,20-10+. The maximum absolute atomic E-state index is 10.9. The van der Waals surface area contributed by atoms with Gasteiger partial charge in [-0.15, -0.1) is 0 Å². The van der Waals surface area contributed by atoms with Gasteiger partial charge in [0.1, 0.15) is 22.6 Å². The van der Waals surface area contributed by atoms with Crippen LogP contribution in [0.3, 0.4) is 0 Å². The molecule has 0 spiro atoms. The highest BCUT2D eigenvalue weighted by atomic mass is 16.4. The van der Waals surface area contributed by atoms with Gasteiger partial charge in [0.15, 0.2) is 0 Å². The first-order valence-corrected chi connectivity index (χ1v) is 7.52. The van der Waals surface area contributed by atoms with Crippen LogP contribution in [0.2, 0.25) is 0 Å². The molecule has 0 aromatic heterocycles. The molecule has 0 bridgehead atoms. The Kier molecular flexibility index (Phi) is 6.05. The molecule has 0 saturated carbocycles. The van der Waals surface area contributed by atoms with Crippen LogP contribution in [0, 0.1) is 0 Å². The van der Waals surface area contributed by atoms with E-state index < -0.39 is 11.9 Å². The Labute approximate surface area is 148 Å². The van der Waals surface area contributed by atoms with E-state index in [-0.39, 0.29) is 46.8 Å². The number of hydrogen-bond donors (Lipinski definition) is 4. The summed E-state index contributed by atoms with van der Waals surface area (Å²) in [5, 5.41) is 37.5. The third-order valence-corrected chi connectivity index (χ3v) is 3.41. The molecule has 0 saturated heterocycles. The Bertz CT molecular complexity index is 816. The molecule has 8 heteroatoms. The van der Waals surface area contributed by atoms with Crippen molar-refractivity contribution >= 4 is 24.4 Å². The number of carboxylic acids is 2. The SMILES string of the molecule is O=C(O)c1cccc(/C=N/CC/N=C/c2cccc(C(=O)O)c2O)c1O. The Morgan fingerprint density at radius 1 is 0.769 bits per heavy atom. The van der Waals surface area contributed by atoms with Crippen molar-refractivity contribution in [2.45, 2.75) is 0 Å². The molecular weight excluding hydrogens is 340 g/mol. The van der Waals surface area contributed by atoms with Crippen LogP contribution in [0.15, 0.2) is 46.4 Å². The zero-order chi connectivity index (χ0) is 19.1. The van der Waals surface area contributed by atoms with Crippen LogP contribution in [-0.2, 0) is 0 Å². The summed E-state index contributed by atoms with van der Waals surface area (Å²) in [6.45, 7) is 0.513. The highest BCUT2D eigenvalue weighted by molar-refractivity contribution is 5.96. The molecule has 4 N–H and O–H groups in total. The quantitative estimate of drug-likeness (QED) is 0.442. The molecule has 0 aliphatic heterocycles. The van der Waals surface area contributed by atoms with Crippen molar-refractivity contribution in [2.24, 2.45) is 9.98 Å². The minimum atomic E-state index is -1.23. The highest BCUT2D eigenvalue weighted by Crippen LogP contribution is 2.21. The number of benzene rings is 2. The fourth-order valence-electron chi connectivity index (χ4n) is 2.12. The Morgan fingerprint density at radius 2 is 1.15 bits per heavy atom. The second kappa shape index (κ2) is 8.43. The molecule has 26 heavy (non-hydrogen) atoms. The summed E-state index contributed by atoms with van der Waals surface area (Å²) in [5.74, 6) is -3.18. The van der Waals surface area contributed by atoms with Crippen LogP contribution in [0.1, 0.15) is 31.8 Å². The number of hydrogen-bond acceptors (Lipinski definition) is 6. The first kappa shape index (κ1) is 18.7. The summed E-state index contributed by atoms with van der Waals surface area (Å²) in [6.07, 6.45) is 2.69. The lowest BCUT2D eigenvalue weighted by Gasteiger charge is -2.02. The van der Waals surface area contributed by atoms with Gasteiger partial charge >= 0.3 is 11.9 Å². The first-order chi connectivity index (χ1) is 12.4. The Hall–Kier alpha value is -3.68. The summed E-state index contributed by atoms with van der Waals surface area (Å²) in [6, 6.07) is 8.64. The number of carbonyl (C=O) groups is 2. The first-order valence-electron chi connectivity index (χ1n) is 7.52. The zero-order valence-electron chi connectivity index (χ0n) is 13.5. The van der Waals surface area contributed by atoms with Crippen molar-refractivity contribution in [3.63, 3.8) is 0 Å². The number of aromatic carboxylic acids is 2. The number of carboxylic acid groups (broad SMARTS) is 2. The number of nitrogens with zero attached hydrogens (tertiary/aromatic N) is 2. The fraction of sp³-hybridized carbons (Fsp3) is 0.111. The molecule has 0 heterocycles. The van der Waals surface area contributed by atoms with Crippen molar-refractivity contribution in [3.8, 4) is 11.5 Å². The molecule has 2 aromatic rings. The van der Waals surface area contributed by atoms with E-state index in [2.05, 4.69) is 9.98 Å². The van der Waals surface area contributed by atoms with Gasteiger partial charge in [-0.3, -0.25) is 9.98 Å². The highest BCUT2D eigenvalue weighted by Gasteiger charge is 2.12. The predicted molar refractivity (Wildman–Crippen MR) is 95.1 cm³/mol. The van der Waals surface area contributed by atoms with Crippen LogP contribution in [0.25, 0.3) is 0 Å². The van der Waals surface area contributed by atoms with Gasteiger partial charge in [0.2, 0.25) is 0 Å². The van der Waals surface area contributed by atoms with Gasteiger partial charge in [0.25, 0.3) is 0 Å². The van der Waals surface area contributed by atoms with E-state index in [1.54, 1.807) is 0 Å². The van der Waals surface area contributed by atoms with Crippen LogP contribution in [0.5, 0.6) is 11.5 Å². The van der Waals surface area contributed by atoms with Crippen LogP contribution in [-0.4, -0.2) is 57.9 Å². The molecule has 134 valence electrons. The number of aliphatic imine (C=N–C) groups is 2. The second-order valence-electron chi connectivity index (χ2n) is 5.17. The lowest BCUT2D eigenvalue weighted by atomic mass is 10.1. The molecule has 0 atom stereocenters. The van der Waals surface area contributed by atoms with Crippen molar-refractivity contribution in [1.29, 1.82) is 0 Å². The van der Waals surface area contributed by atoms with E-state index in [1.807, 2.05) is 0 Å². The topological polar surface area (TPSA) is 140 Å². The molecule has 0 aliphatic carbocycles. The van der Waals surface area contributed by atoms with Crippen molar-refractivity contribution in [2.75, 3.05) is 13.1 Å². The summed E-state index contributed by atoms with van der Waals surface area (Å²) < 4.78 is 0. The van der Waals surface area contributed by atoms with Gasteiger partial charge in [0.05, 0.1) is 13.1 Å².